The maximum Gasteiger partial charge on any atom is 0.0369 e. The van der Waals surface area contributed by atoms with E-state index in [1.54, 1.807) is 0 Å². The quantitative estimate of drug-likeness (QED) is 0.793. The summed E-state index contributed by atoms with van der Waals surface area (Å²) < 4.78 is 0. The minimum Gasteiger partial charge on any atom is -0.369 e. The summed E-state index contributed by atoms with van der Waals surface area (Å²) in [5.41, 5.74) is 2.81. The molecule has 0 aliphatic carbocycles. The van der Waals surface area contributed by atoms with Gasteiger partial charge in [0.2, 0.25) is 0 Å². The van der Waals surface area contributed by atoms with E-state index in [9.17, 15) is 0 Å². The summed E-state index contributed by atoms with van der Waals surface area (Å²) in [5.74, 6) is 0. The SMILES string of the molecule is CCc1cccc(N2CCNC(C)C2)c1. The summed E-state index contributed by atoms with van der Waals surface area (Å²) >= 11 is 0. The monoisotopic (exact) mass is 204 g/mol. The van der Waals surface area contributed by atoms with Gasteiger partial charge in [-0.3, -0.25) is 0 Å². The number of piperazine rings is 1. The van der Waals surface area contributed by atoms with Crippen LogP contribution in [0.3, 0.4) is 0 Å². The second-order valence-corrected chi connectivity index (χ2v) is 4.32. The van der Waals surface area contributed by atoms with Crippen LogP contribution in [0.1, 0.15) is 19.4 Å². The second-order valence-electron chi connectivity index (χ2n) is 4.32. The number of nitrogens with zero attached hydrogens (tertiary/aromatic N) is 1. The average Bonchev–Trinajstić information content (AvgIpc) is 2.29. The van der Waals surface area contributed by atoms with Gasteiger partial charge in [0.15, 0.2) is 0 Å². The lowest BCUT2D eigenvalue weighted by atomic mass is 10.1. The van der Waals surface area contributed by atoms with Crippen LogP contribution in [0.25, 0.3) is 0 Å². The van der Waals surface area contributed by atoms with E-state index < -0.39 is 0 Å². The molecule has 1 atom stereocenters. The van der Waals surface area contributed by atoms with Gasteiger partial charge in [0.05, 0.1) is 0 Å². The number of rotatable bonds is 2. The van der Waals surface area contributed by atoms with Crippen molar-refractivity contribution >= 4 is 5.69 Å². The molecule has 1 fully saturated rings. The second kappa shape index (κ2) is 4.67. The zero-order valence-corrected chi connectivity index (χ0v) is 9.66. The Morgan fingerprint density at radius 1 is 1.47 bits per heavy atom. The first-order valence-electron chi connectivity index (χ1n) is 5.87. The molecule has 1 aliphatic heterocycles. The zero-order valence-electron chi connectivity index (χ0n) is 9.66. The molecule has 2 nitrogen and oxygen atoms in total. The molecule has 1 heterocycles. The smallest absolute Gasteiger partial charge is 0.0369 e. The predicted octanol–water partition coefficient (Wildman–Crippen LogP) is 2.05. The molecule has 0 amide bonds. The summed E-state index contributed by atoms with van der Waals surface area (Å²) in [6, 6.07) is 9.51. The van der Waals surface area contributed by atoms with Gasteiger partial charge in [0.1, 0.15) is 0 Å². The van der Waals surface area contributed by atoms with Crippen molar-refractivity contribution in [1.29, 1.82) is 0 Å². The standard InChI is InChI=1S/C13H20N2/c1-3-12-5-4-6-13(9-12)15-8-7-14-11(2)10-15/h4-6,9,11,14H,3,7-8,10H2,1-2H3. The molecule has 1 N–H and O–H groups in total. The minimum absolute atomic E-state index is 0.601. The lowest BCUT2D eigenvalue weighted by Gasteiger charge is -2.33. The number of anilines is 1. The van der Waals surface area contributed by atoms with Crippen LogP contribution in [0.2, 0.25) is 0 Å². The molecule has 1 aromatic rings. The van der Waals surface area contributed by atoms with Gasteiger partial charge in [-0.15, -0.1) is 0 Å². The van der Waals surface area contributed by atoms with Crippen molar-refractivity contribution in [1.82, 2.24) is 5.32 Å². The van der Waals surface area contributed by atoms with E-state index in [0.29, 0.717) is 6.04 Å². The first kappa shape index (κ1) is 10.5. The molecule has 82 valence electrons. The van der Waals surface area contributed by atoms with Gasteiger partial charge in [-0.2, -0.15) is 0 Å². The van der Waals surface area contributed by atoms with E-state index in [1.807, 2.05) is 0 Å². The minimum atomic E-state index is 0.601. The molecule has 1 aromatic carbocycles. The molecule has 0 spiro atoms. The Bertz CT molecular complexity index is 322. The molecular formula is C13H20N2. The van der Waals surface area contributed by atoms with E-state index in [2.05, 4.69) is 48.3 Å². The highest BCUT2D eigenvalue weighted by molar-refractivity contribution is 5.49. The van der Waals surface area contributed by atoms with E-state index in [1.165, 1.54) is 11.3 Å². The highest BCUT2D eigenvalue weighted by Crippen LogP contribution is 2.17. The molecule has 1 saturated heterocycles. The van der Waals surface area contributed by atoms with Crippen molar-refractivity contribution in [2.75, 3.05) is 24.5 Å². The summed E-state index contributed by atoms with van der Waals surface area (Å²) in [7, 11) is 0. The zero-order chi connectivity index (χ0) is 10.7. The van der Waals surface area contributed by atoms with Crippen LogP contribution in [0.5, 0.6) is 0 Å². The summed E-state index contributed by atoms with van der Waals surface area (Å²) in [6.07, 6.45) is 1.12. The Balaban J connectivity index is 2.13. The van der Waals surface area contributed by atoms with Crippen LogP contribution < -0.4 is 10.2 Å². The van der Waals surface area contributed by atoms with Gasteiger partial charge < -0.3 is 10.2 Å². The van der Waals surface area contributed by atoms with Crippen molar-refractivity contribution in [3.05, 3.63) is 29.8 Å². The number of hydrogen-bond donors (Lipinski definition) is 1. The Morgan fingerprint density at radius 3 is 3.07 bits per heavy atom. The number of hydrogen-bond acceptors (Lipinski definition) is 2. The topological polar surface area (TPSA) is 15.3 Å². The van der Waals surface area contributed by atoms with Crippen LogP contribution in [0.4, 0.5) is 5.69 Å². The van der Waals surface area contributed by atoms with Gasteiger partial charge >= 0.3 is 0 Å². The molecule has 0 radical (unpaired) electrons. The van der Waals surface area contributed by atoms with E-state index in [0.717, 1.165) is 26.1 Å². The summed E-state index contributed by atoms with van der Waals surface area (Å²) in [4.78, 5) is 2.47. The van der Waals surface area contributed by atoms with Crippen LogP contribution >= 0.6 is 0 Å². The fourth-order valence-electron chi connectivity index (χ4n) is 2.14. The van der Waals surface area contributed by atoms with Crippen molar-refractivity contribution in [3.63, 3.8) is 0 Å². The maximum atomic E-state index is 3.47. The van der Waals surface area contributed by atoms with Crippen LogP contribution in [-0.2, 0) is 6.42 Å². The van der Waals surface area contributed by atoms with Gasteiger partial charge in [-0.05, 0) is 31.0 Å². The number of aryl methyl sites for hydroxylation is 1. The first-order valence-corrected chi connectivity index (χ1v) is 5.87. The number of nitrogens with one attached hydrogen (secondary N) is 1. The highest BCUT2D eigenvalue weighted by atomic mass is 15.2. The maximum absolute atomic E-state index is 3.47. The molecular weight excluding hydrogens is 184 g/mol. The fraction of sp³-hybridized carbons (Fsp3) is 0.538. The molecule has 0 aromatic heterocycles. The number of benzene rings is 1. The van der Waals surface area contributed by atoms with Crippen LogP contribution in [0.15, 0.2) is 24.3 Å². The lowest BCUT2D eigenvalue weighted by molar-refractivity contribution is 0.485. The lowest BCUT2D eigenvalue weighted by Crippen LogP contribution is -2.49. The Morgan fingerprint density at radius 2 is 2.33 bits per heavy atom. The first-order chi connectivity index (χ1) is 7.29. The Labute approximate surface area is 92.3 Å². The third-order valence-corrected chi connectivity index (χ3v) is 3.05. The van der Waals surface area contributed by atoms with Crippen molar-refractivity contribution < 1.29 is 0 Å². The molecule has 15 heavy (non-hydrogen) atoms. The van der Waals surface area contributed by atoms with Gasteiger partial charge in [-0.25, -0.2) is 0 Å². The molecule has 2 heteroatoms. The van der Waals surface area contributed by atoms with Crippen LogP contribution in [0, 0.1) is 0 Å². The third-order valence-electron chi connectivity index (χ3n) is 3.05. The van der Waals surface area contributed by atoms with Crippen molar-refractivity contribution in [3.8, 4) is 0 Å². The van der Waals surface area contributed by atoms with Gasteiger partial charge in [0.25, 0.3) is 0 Å². The summed E-state index contributed by atoms with van der Waals surface area (Å²) in [6.45, 7) is 7.79. The predicted molar refractivity (Wildman–Crippen MR) is 65.5 cm³/mol. The highest BCUT2D eigenvalue weighted by Gasteiger charge is 2.15. The van der Waals surface area contributed by atoms with Crippen molar-refractivity contribution in [2.45, 2.75) is 26.3 Å². The Hall–Kier alpha value is -1.02. The largest absolute Gasteiger partial charge is 0.369 e. The average molecular weight is 204 g/mol. The molecule has 1 aliphatic rings. The normalized spacial score (nSPS) is 21.7. The molecule has 0 saturated carbocycles. The molecule has 0 bridgehead atoms. The summed E-state index contributed by atoms with van der Waals surface area (Å²) in [5, 5.41) is 3.47. The third kappa shape index (κ3) is 2.51. The van der Waals surface area contributed by atoms with E-state index >= 15 is 0 Å². The molecule has 2 rings (SSSR count). The molecule has 1 unspecified atom stereocenters. The van der Waals surface area contributed by atoms with E-state index in [-0.39, 0.29) is 0 Å². The van der Waals surface area contributed by atoms with Crippen molar-refractivity contribution in [2.24, 2.45) is 0 Å². The van der Waals surface area contributed by atoms with Gasteiger partial charge in [-0.1, -0.05) is 19.1 Å². The van der Waals surface area contributed by atoms with E-state index in [4.69, 9.17) is 0 Å². The Kier molecular flexibility index (Phi) is 3.27. The van der Waals surface area contributed by atoms with Gasteiger partial charge in [0, 0.05) is 31.4 Å². The van der Waals surface area contributed by atoms with Crippen LogP contribution in [-0.4, -0.2) is 25.7 Å². The fourth-order valence-corrected chi connectivity index (χ4v) is 2.14.